The molecule has 1 aliphatic rings. The highest BCUT2D eigenvalue weighted by Crippen LogP contribution is 2.20. The monoisotopic (exact) mass is 379 g/mol. The number of nitrogens with one attached hydrogen (secondary N) is 2. The molecule has 28 heavy (non-hydrogen) atoms. The molecule has 0 aliphatic carbocycles. The Morgan fingerprint density at radius 1 is 1.18 bits per heavy atom. The standard InChI is InChI=1S/C20H21N5O3/c1-2-25-16-7-5-13(11-15(16)23-19(27)20(25)28)18(26)22-14-6-8-17(21-12-14)24-9-3-4-10-24/h5-8,11-12H,2-4,9-10H2,1H3,(H,22,26)(H,23,27). The van der Waals surface area contributed by atoms with Gasteiger partial charge in [-0.1, -0.05) is 0 Å². The van der Waals surface area contributed by atoms with Crippen LogP contribution in [0, 0.1) is 0 Å². The number of hydrogen-bond acceptors (Lipinski definition) is 5. The second-order valence-corrected chi connectivity index (χ2v) is 6.79. The molecular weight excluding hydrogens is 358 g/mol. The summed E-state index contributed by atoms with van der Waals surface area (Å²) in [5, 5.41) is 2.81. The molecule has 0 saturated carbocycles. The molecule has 3 heterocycles. The average Bonchev–Trinajstić information content (AvgIpc) is 3.24. The Hall–Kier alpha value is -3.42. The van der Waals surface area contributed by atoms with E-state index in [0.717, 1.165) is 18.9 Å². The molecule has 1 aliphatic heterocycles. The second kappa shape index (κ2) is 7.30. The zero-order chi connectivity index (χ0) is 19.7. The topological polar surface area (TPSA) is 100 Å². The van der Waals surface area contributed by atoms with E-state index in [1.54, 1.807) is 31.3 Å². The number of rotatable bonds is 4. The van der Waals surface area contributed by atoms with E-state index in [4.69, 9.17) is 0 Å². The van der Waals surface area contributed by atoms with E-state index in [2.05, 4.69) is 20.2 Å². The van der Waals surface area contributed by atoms with Crippen molar-refractivity contribution in [3.8, 4) is 0 Å². The van der Waals surface area contributed by atoms with Gasteiger partial charge in [0, 0.05) is 25.2 Å². The molecule has 0 unspecified atom stereocenters. The molecule has 1 amide bonds. The van der Waals surface area contributed by atoms with Crippen LogP contribution in [-0.2, 0) is 6.54 Å². The maximum Gasteiger partial charge on any atom is 0.316 e. The third-order valence-corrected chi connectivity index (χ3v) is 4.99. The number of aromatic nitrogens is 3. The van der Waals surface area contributed by atoms with Crippen LogP contribution in [0.4, 0.5) is 11.5 Å². The third-order valence-electron chi connectivity index (χ3n) is 4.99. The number of fused-ring (bicyclic) bond motifs is 1. The van der Waals surface area contributed by atoms with Crippen molar-refractivity contribution in [1.29, 1.82) is 0 Å². The largest absolute Gasteiger partial charge is 0.357 e. The van der Waals surface area contributed by atoms with Crippen molar-refractivity contribution in [3.05, 3.63) is 62.8 Å². The van der Waals surface area contributed by atoms with Gasteiger partial charge < -0.3 is 19.8 Å². The predicted octanol–water partition coefficient (Wildman–Crippen LogP) is 1.96. The fourth-order valence-corrected chi connectivity index (χ4v) is 3.53. The van der Waals surface area contributed by atoms with Gasteiger partial charge in [-0.05, 0) is 50.1 Å². The van der Waals surface area contributed by atoms with Crippen molar-refractivity contribution >= 4 is 28.4 Å². The number of carbonyl (C=O) groups is 1. The minimum Gasteiger partial charge on any atom is -0.357 e. The van der Waals surface area contributed by atoms with Crippen molar-refractivity contribution in [1.82, 2.24) is 14.5 Å². The van der Waals surface area contributed by atoms with Gasteiger partial charge in [0.05, 0.1) is 22.9 Å². The molecule has 1 saturated heterocycles. The maximum absolute atomic E-state index is 12.6. The van der Waals surface area contributed by atoms with Gasteiger partial charge in [-0.25, -0.2) is 4.98 Å². The summed E-state index contributed by atoms with van der Waals surface area (Å²) in [6.07, 6.45) is 4.00. The van der Waals surface area contributed by atoms with Crippen LogP contribution in [0.15, 0.2) is 46.1 Å². The molecule has 8 heteroatoms. The van der Waals surface area contributed by atoms with Crippen LogP contribution in [0.3, 0.4) is 0 Å². The SMILES string of the molecule is CCn1c(=O)c(=O)[nH]c2cc(C(=O)Nc3ccc(N4CCCC4)nc3)ccc21. The lowest BCUT2D eigenvalue weighted by atomic mass is 10.1. The van der Waals surface area contributed by atoms with E-state index in [1.165, 1.54) is 17.4 Å². The van der Waals surface area contributed by atoms with Gasteiger partial charge >= 0.3 is 11.1 Å². The van der Waals surface area contributed by atoms with Crippen molar-refractivity contribution in [2.45, 2.75) is 26.3 Å². The van der Waals surface area contributed by atoms with Crippen molar-refractivity contribution in [2.75, 3.05) is 23.3 Å². The Bertz CT molecular complexity index is 1140. The minimum atomic E-state index is -0.700. The van der Waals surface area contributed by atoms with Crippen LogP contribution < -0.4 is 21.3 Å². The van der Waals surface area contributed by atoms with E-state index in [0.29, 0.717) is 28.8 Å². The Morgan fingerprint density at radius 2 is 1.96 bits per heavy atom. The number of aryl methyl sites for hydroxylation is 1. The molecule has 0 radical (unpaired) electrons. The summed E-state index contributed by atoms with van der Waals surface area (Å²) in [4.78, 5) is 45.5. The number of aromatic amines is 1. The number of amides is 1. The van der Waals surface area contributed by atoms with Crippen LogP contribution in [0.1, 0.15) is 30.1 Å². The summed E-state index contributed by atoms with van der Waals surface area (Å²) in [6.45, 7) is 4.19. The molecule has 1 fully saturated rings. The lowest BCUT2D eigenvalue weighted by molar-refractivity contribution is 0.102. The van der Waals surface area contributed by atoms with E-state index in [-0.39, 0.29) is 5.91 Å². The van der Waals surface area contributed by atoms with Crippen molar-refractivity contribution < 1.29 is 4.79 Å². The lowest BCUT2D eigenvalue weighted by Crippen LogP contribution is -2.36. The highest BCUT2D eigenvalue weighted by atomic mass is 16.2. The van der Waals surface area contributed by atoms with Crippen LogP contribution in [0.25, 0.3) is 11.0 Å². The van der Waals surface area contributed by atoms with Crippen LogP contribution >= 0.6 is 0 Å². The fraction of sp³-hybridized carbons (Fsp3) is 0.300. The first-order valence-corrected chi connectivity index (χ1v) is 9.36. The number of benzene rings is 1. The highest BCUT2D eigenvalue weighted by Gasteiger charge is 2.14. The Kier molecular flexibility index (Phi) is 4.68. The minimum absolute atomic E-state index is 0.312. The molecule has 0 spiro atoms. The van der Waals surface area contributed by atoms with Gasteiger partial charge in [0.1, 0.15) is 5.82 Å². The van der Waals surface area contributed by atoms with Crippen LogP contribution in [-0.4, -0.2) is 33.5 Å². The zero-order valence-electron chi connectivity index (χ0n) is 15.6. The first kappa shape index (κ1) is 18.0. The van der Waals surface area contributed by atoms with E-state index >= 15 is 0 Å². The molecule has 4 rings (SSSR count). The Labute approximate surface area is 160 Å². The zero-order valence-corrected chi connectivity index (χ0v) is 15.6. The number of carbonyl (C=O) groups excluding carboxylic acids is 1. The second-order valence-electron chi connectivity index (χ2n) is 6.79. The summed E-state index contributed by atoms with van der Waals surface area (Å²) in [7, 11) is 0. The number of H-pyrrole nitrogens is 1. The van der Waals surface area contributed by atoms with E-state index < -0.39 is 11.1 Å². The molecule has 0 atom stereocenters. The molecule has 2 N–H and O–H groups in total. The third kappa shape index (κ3) is 3.28. The number of pyridine rings is 1. The molecular formula is C20H21N5O3. The first-order valence-electron chi connectivity index (χ1n) is 9.36. The molecule has 0 bridgehead atoms. The van der Waals surface area contributed by atoms with Gasteiger partial charge in [0.25, 0.3) is 5.91 Å². The maximum atomic E-state index is 12.6. The Balaban J connectivity index is 1.57. The van der Waals surface area contributed by atoms with Gasteiger partial charge in [-0.3, -0.25) is 14.4 Å². The van der Waals surface area contributed by atoms with Crippen LogP contribution in [0.5, 0.6) is 0 Å². The van der Waals surface area contributed by atoms with Gasteiger partial charge in [0.15, 0.2) is 0 Å². The molecule has 8 nitrogen and oxygen atoms in total. The first-order chi connectivity index (χ1) is 13.6. The molecule has 2 aromatic heterocycles. The summed E-state index contributed by atoms with van der Waals surface area (Å²) < 4.78 is 1.39. The highest BCUT2D eigenvalue weighted by molar-refractivity contribution is 6.05. The Morgan fingerprint density at radius 3 is 2.64 bits per heavy atom. The van der Waals surface area contributed by atoms with Gasteiger partial charge in [-0.2, -0.15) is 0 Å². The summed E-state index contributed by atoms with van der Waals surface area (Å²) in [6, 6.07) is 8.60. The quantitative estimate of drug-likeness (QED) is 0.675. The van der Waals surface area contributed by atoms with Crippen LogP contribution in [0.2, 0.25) is 0 Å². The normalized spacial score (nSPS) is 13.8. The van der Waals surface area contributed by atoms with Crippen molar-refractivity contribution in [3.63, 3.8) is 0 Å². The van der Waals surface area contributed by atoms with E-state index in [1.807, 2.05) is 12.1 Å². The van der Waals surface area contributed by atoms with E-state index in [9.17, 15) is 14.4 Å². The smallest absolute Gasteiger partial charge is 0.316 e. The molecule has 3 aromatic rings. The molecule has 1 aromatic carbocycles. The summed E-state index contributed by atoms with van der Waals surface area (Å²) in [5.74, 6) is 0.601. The lowest BCUT2D eigenvalue weighted by Gasteiger charge is -2.16. The predicted molar refractivity (Wildman–Crippen MR) is 108 cm³/mol. The van der Waals surface area contributed by atoms with Gasteiger partial charge in [0.2, 0.25) is 0 Å². The van der Waals surface area contributed by atoms with Crippen molar-refractivity contribution in [2.24, 2.45) is 0 Å². The number of nitrogens with zero attached hydrogens (tertiary/aromatic N) is 3. The number of hydrogen-bond donors (Lipinski definition) is 2. The average molecular weight is 379 g/mol. The summed E-state index contributed by atoms with van der Waals surface area (Å²) in [5.41, 5.74) is 0.708. The van der Waals surface area contributed by atoms with Gasteiger partial charge in [-0.15, -0.1) is 0 Å². The number of anilines is 2. The molecule has 144 valence electrons. The summed E-state index contributed by atoms with van der Waals surface area (Å²) >= 11 is 0. The fourth-order valence-electron chi connectivity index (χ4n) is 3.53.